The summed E-state index contributed by atoms with van der Waals surface area (Å²) in [6.07, 6.45) is 0.655. The van der Waals surface area contributed by atoms with Crippen LogP contribution in [0.1, 0.15) is 12.5 Å². The third kappa shape index (κ3) is 5.02. The molecule has 0 radical (unpaired) electrons. The summed E-state index contributed by atoms with van der Waals surface area (Å²) in [5, 5.41) is 3.89. The summed E-state index contributed by atoms with van der Waals surface area (Å²) in [5.41, 5.74) is 6.33. The molecule has 3 nitrogen and oxygen atoms in total. The number of hydrogen-bond acceptors (Lipinski definition) is 2. The Labute approximate surface area is 123 Å². The van der Waals surface area contributed by atoms with Crippen LogP contribution in [-0.2, 0) is 11.2 Å². The largest absolute Gasteiger partial charge is 0.355 e. The van der Waals surface area contributed by atoms with Crippen LogP contribution in [-0.4, -0.2) is 19.0 Å². The zero-order chi connectivity index (χ0) is 12.8. The van der Waals surface area contributed by atoms with Gasteiger partial charge in [0.05, 0.1) is 10.0 Å². The Balaban J connectivity index is 0.00000289. The topological polar surface area (TPSA) is 55.1 Å². The number of benzene rings is 1. The molecule has 1 amide bonds. The van der Waals surface area contributed by atoms with Crippen LogP contribution in [0.3, 0.4) is 0 Å². The lowest BCUT2D eigenvalue weighted by Crippen LogP contribution is -2.34. The third-order valence-corrected chi connectivity index (χ3v) is 3.38. The minimum atomic E-state index is -0.162. The van der Waals surface area contributed by atoms with Crippen LogP contribution in [0.25, 0.3) is 0 Å². The number of rotatable bonds is 5. The van der Waals surface area contributed by atoms with Crippen molar-refractivity contribution in [3.8, 4) is 0 Å². The van der Waals surface area contributed by atoms with Crippen LogP contribution in [0.2, 0.25) is 10.0 Å². The van der Waals surface area contributed by atoms with Crippen LogP contribution in [0.15, 0.2) is 18.2 Å². The first-order valence-electron chi connectivity index (χ1n) is 5.47. The van der Waals surface area contributed by atoms with Crippen LogP contribution in [0, 0.1) is 5.92 Å². The van der Waals surface area contributed by atoms with Crippen molar-refractivity contribution < 1.29 is 4.79 Å². The molecule has 102 valence electrons. The van der Waals surface area contributed by atoms with E-state index in [0.29, 0.717) is 29.6 Å². The SMILES string of the molecule is CC(CN)C(=O)NCCc1cccc(Cl)c1Cl.Cl. The highest BCUT2D eigenvalue weighted by atomic mass is 35.5. The fourth-order valence-electron chi connectivity index (χ4n) is 1.34. The fourth-order valence-corrected chi connectivity index (χ4v) is 1.76. The summed E-state index contributed by atoms with van der Waals surface area (Å²) >= 11 is 11.9. The molecule has 0 aliphatic rings. The van der Waals surface area contributed by atoms with Gasteiger partial charge in [-0.3, -0.25) is 4.79 Å². The smallest absolute Gasteiger partial charge is 0.224 e. The highest BCUT2D eigenvalue weighted by Gasteiger charge is 2.10. The van der Waals surface area contributed by atoms with Crippen LogP contribution < -0.4 is 11.1 Å². The van der Waals surface area contributed by atoms with Crippen LogP contribution in [0.5, 0.6) is 0 Å². The molecule has 1 aromatic carbocycles. The molecule has 0 saturated heterocycles. The predicted octanol–water partition coefficient (Wildman–Crippen LogP) is 2.67. The summed E-state index contributed by atoms with van der Waals surface area (Å²) in [6, 6.07) is 5.48. The third-order valence-electron chi connectivity index (χ3n) is 2.53. The number of hydrogen-bond donors (Lipinski definition) is 2. The summed E-state index contributed by atoms with van der Waals surface area (Å²) in [7, 11) is 0. The van der Waals surface area contributed by atoms with E-state index in [1.54, 1.807) is 13.0 Å². The first-order chi connectivity index (χ1) is 8.06. The van der Waals surface area contributed by atoms with Gasteiger partial charge in [-0.05, 0) is 18.1 Å². The van der Waals surface area contributed by atoms with E-state index >= 15 is 0 Å². The van der Waals surface area contributed by atoms with Crippen molar-refractivity contribution in [1.29, 1.82) is 0 Å². The molecule has 0 fully saturated rings. The van der Waals surface area contributed by atoms with Gasteiger partial charge in [0, 0.05) is 19.0 Å². The number of carbonyl (C=O) groups is 1. The quantitative estimate of drug-likeness (QED) is 0.878. The van der Waals surface area contributed by atoms with E-state index in [2.05, 4.69) is 5.32 Å². The number of carbonyl (C=O) groups excluding carboxylic acids is 1. The van der Waals surface area contributed by atoms with Crippen molar-refractivity contribution in [2.75, 3.05) is 13.1 Å². The van der Waals surface area contributed by atoms with Crippen LogP contribution in [0.4, 0.5) is 0 Å². The van der Waals surface area contributed by atoms with Crippen molar-refractivity contribution in [3.63, 3.8) is 0 Å². The van der Waals surface area contributed by atoms with E-state index < -0.39 is 0 Å². The van der Waals surface area contributed by atoms with Crippen LogP contribution >= 0.6 is 35.6 Å². The summed E-state index contributed by atoms with van der Waals surface area (Å²) in [5.74, 6) is -0.199. The minimum absolute atomic E-state index is 0. The first-order valence-corrected chi connectivity index (χ1v) is 6.22. The normalized spacial score (nSPS) is 11.6. The summed E-state index contributed by atoms with van der Waals surface area (Å²) < 4.78 is 0. The predicted molar refractivity (Wildman–Crippen MR) is 78.6 cm³/mol. The highest BCUT2D eigenvalue weighted by molar-refractivity contribution is 6.42. The molecule has 1 aromatic rings. The Morgan fingerprint density at radius 2 is 2.11 bits per heavy atom. The van der Waals surface area contributed by atoms with E-state index in [0.717, 1.165) is 5.56 Å². The lowest BCUT2D eigenvalue weighted by Gasteiger charge is -2.10. The van der Waals surface area contributed by atoms with Gasteiger partial charge in [0.2, 0.25) is 5.91 Å². The maximum Gasteiger partial charge on any atom is 0.224 e. The summed E-state index contributed by atoms with van der Waals surface area (Å²) in [6.45, 7) is 2.68. The molecule has 1 rings (SSSR count). The van der Waals surface area contributed by atoms with Crippen molar-refractivity contribution >= 4 is 41.5 Å². The molecule has 1 unspecified atom stereocenters. The molecule has 6 heteroatoms. The molecule has 0 saturated carbocycles. The van der Waals surface area contributed by atoms with Gasteiger partial charge >= 0.3 is 0 Å². The van der Waals surface area contributed by atoms with Crippen molar-refractivity contribution in [1.82, 2.24) is 5.32 Å². The van der Waals surface area contributed by atoms with Crippen molar-refractivity contribution in [2.24, 2.45) is 11.7 Å². The molecule has 0 bridgehead atoms. The van der Waals surface area contributed by atoms with Crippen molar-refractivity contribution in [2.45, 2.75) is 13.3 Å². The lowest BCUT2D eigenvalue weighted by atomic mass is 10.1. The molecule has 18 heavy (non-hydrogen) atoms. The molecule has 0 aliphatic carbocycles. The van der Waals surface area contributed by atoms with Gasteiger partial charge in [-0.2, -0.15) is 0 Å². The zero-order valence-electron chi connectivity index (χ0n) is 10.1. The molecule has 0 aliphatic heterocycles. The van der Waals surface area contributed by atoms with E-state index in [4.69, 9.17) is 28.9 Å². The Hall–Kier alpha value is -0.480. The average Bonchev–Trinajstić information content (AvgIpc) is 2.33. The molecular weight excluding hydrogens is 295 g/mol. The van der Waals surface area contributed by atoms with E-state index in [9.17, 15) is 4.79 Å². The van der Waals surface area contributed by atoms with Gasteiger partial charge in [0.25, 0.3) is 0 Å². The standard InChI is InChI=1S/C12H16Cl2N2O.ClH/c1-8(7-15)12(17)16-6-5-9-3-2-4-10(13)11(9)14;/h2-4,8H,5-7,15H2,1H3,(H,16,17);1H. The zero-order valence-corrected chi connectivity index (χ0v) is 12.4. The molecule has 0 heterocycles. The van der Waals surface area contributed by atoms with Gasteiger partial charge in [0.15, 0.2) is 0 Å². The second-order valence-electron chi connectivity index (χ2n) is 3.89. The molecule has 0 aromatic heterocycles. The van der Waals surface area contributed by atoms with Gasteiger partial charge in [-0.15, -0.1) is 12.4 Å². The van der Waals surface area contributed by atoms with Gasteiger partial charge < -0.3 is 11.1 Å². The lowest BCUT2D eigenvalue weighted by molar-refractivity contribution is -0.124. The van der Waals surface area contributed by atoms with E-state index in [1.807, 2.05) is 12.1 Å². The number of amides is 1. The highest BCUT2D eigenvalue weighted by Crippen LogP contribution is 2.25. The van der Waals surface area contributed by atoms with Gasteiger partial charge in [0.1, 0.15) is 0 Å². The van der Waals surface area contributed by atoms with E-state index in [-0.39, 0.29) is 24.2 Å². The number of nitrogens with two attached hydrogens (primary N) is 1. The molecule has 3 N–H and O–H groups in total. The van der Waals surface area contributed by atoms with E-state index in [1.165, 1.54) is 0 Å². The Morgan fingerprint density at radius 1 is 1.44 bits per heavy atom. The average molecular weight is 312 g/mol. The number of nitrogens with one attached hydrogen (secondary N) is 1. The molecular formula is C12H17Cl3N2O. The Bertz CT molecular complexity index is 399. The Kier molecular flexibility index (Phi) is 8.36. The second kappa shape index (κ2) is 8.59. The molecule has 0 spiro atoms. The van der Waals surface area contributed by atoms with Crippen molar-refractivity contribution in [3.05, 3.63) is 33.8 Å². The second-order valence-corrected chi connectivity index (χ2v) is 4.68. The Morgan fingerprint density at radius 3 is 2.72 bits per heavy atom. The van der Waals surface area contributed by atoms with Gasteiger partial charge in [-0.25, -0.2) is 0 Å². The number of halogens is 3. The first kappa shape index (κ1) is 17.5. The fraction of sp³-hybridized carbons (Fsp3) is 0.417. The molecule has 1 atom stereocenters. The summed E-state index contributed by atoms with van der Waals surface area (Å²) in [4.78, 5) is 11.5. The monoisotopic (exact) mass is 310 g/mol. The maximum atomic E-state index is 11.5. The minimum Gasteiger partial charge on any atom is -0.355 e. The van der Waals surface area contributed by atoms with Gasteiger partial charge in [-0.1, -0.05) is 42.3 Å². The maximum absolute atomic E-state index is 11.5.